The Morgan fingerprint density at radius 1 is 1.15 bits per heavy atom. The topological polar surface area (TPSA) is 89.8 Å². The molecule has 2 heterocycles. The molecule has 2 aromatic heterocycles. The molecule has 0 aliphatic carbocycles. The van der Waals surface area contributed by atoms with Crippen LogP contribution in [0.15, 0.2) is 58.0 Å². The number of carbonyl (C=O) groups is 2. The number of anilines is 1. The Hall–Kier alpha value is -2.69. The van der Waals surface area contributed by atoms with Crippen molar-refractivity contribution in [3.05, 3.63) is 59.9 Å². The summed E-state index contributed by atoms with van der Waals surface area (Å²) in [5.41, 5.74) is 2.17. The number of thiazole rings is 1. The summed E-state index contributed by atoms with van der Waals surface area (Å²) in [7, 11) is 0. The number of hydrogen-bond donors (Lipinski definition) is 1. The molecular formula is C23H23N5O2S3. The molecule has 2 aromatic carbocycles. The minimum Gasteiger partial charge on any atom is -0.325 e. The molecule has 0 spiro atoms. The number of nitrogens with zero attached hydrogens (tertiary/aromatic N) is 4. The number of benzene rings is 2. The van der Waals surface area contributed by atoms with E-state index in [-0.39, 0.29) is 16.9 Å². The fourth-order valence-corrected chi connectivity index (χ4v) is 6.08. The average molecular weight is 498 g/mol. The molecule has 1 atom stereocenters. The van der Waals surface area contributed by atoms with Gasteiger partial charge in [0, 0.05) is 17.8 Å². The minimum absolute atomic E-state index is 0.0409. The molecule has 0 radical (unpaired) electrons. The van der Waals surface area contributed by atoms with E-state index in [0.29, 0.717) is 28.7 Å². The van der Waals surface area contributed by atoms with Crippen molar-refractivity contribution in [1.82, 2.24) is 19.7 Å². The maximum atomic E-state index is 12.7. The van der Waals surface area contributed by atoms with Gasteiger partial charge in [0.25, 0.3) is 0 Å². The number of aromatic nitrogens is 4. The van der Waals surface area contributed by atoms with Gasteiger partial charge in [0.05, 0.1) is 21.2 Å². The van der Waals surface area contributed by atoms with Crippen LogP contribution in [0, 0.1) is 0 Å². The van der Waals surface area contributed by atoms with E-state index in [1.54, 1.807) is 47.4 Å². The number of ketones is 1. The van der Waals surface area contributed by atoms with Gasteiger partial charge in [0.1, 0.15) is 5.82 Å². The Morgan fingerprint density at radius 2 is 1.97 bits per heavy atom. The summed E-state index contributed by atoms with van der Waals surface area (Å²) >= 11 is 4.68. The van der Waals surface area contributed by atoms with Gasteiger partial charge in [-0.1, -0.05) is 47.8 Å². The fraction of sp³-hybridized carbons (Fsp3) is 0.261. The SMILES string of the molecule is CCn1c(CSc2nc3ccccc3s2)nnc1SC(C)C(=O)Nc1cccc(C(C)=O)c1. The molecular weight excluding hydrogens is 474 g/mol. The summed E-state index contributed by atoms with van der Waals surface area (Å²) in [5.74, 6) is 1.31. The maximum absolute atomic E-state index is 12.7. The van der Waals surface area contributed by atoms with Crippen LogP contribution in [0.2, 0.25) is 0 Å². The van der Waals surface area contributed by atoms with Crippen molar-refractivity contribution in [3.63, 3.8) is 0 Å². The normalized spacial score (nSPS) is 12.1. The Balaban J connectivity index is 1.40. The third kappa shape index (κ3) is 5.63. The quantitative estimate of drug-likeness (QED) is 0.240. The lowest BCUT2D eigenvalue weighted by atomic mass is 10.1. The number of amides is 1. The van der Waals surface area contributed by atoms with Crippen LogP contribution in [0.4, 0.5) is 5.69 Å². The minimum atomic E-state index is -0.384. The molecule has 4 rings (SSSR count). The van der Waals surface area contributed by atoms with E-state index in [9.17, 15) is 9.59 Å². The van der Waals surface area contributed by atoms with Crippen LogP contribution in [0.5, 0.6) is 0 Å². The molecule has 0 saturated heterocycles. The first kappa shape index (κ1) is 23.5. The molecule has 0 fully saturated rings. The molecule has 0 aliphatic heterocycles. The monoisotopic (exact) mass is 497 g/mol. The molecule has 1 N–H and O–H groups in total. The Morgan fingerprint density at radius 3 is 2.73 bits per heavy atom. The average Bonchev–Trinajstić information content (AvgIpc) is 3.40. The first-order valence-electron chi connectivity index (χ1n) is 10.4. The van der Waals surface area contributed by atoms with Crippen molar-refractivity contribution >= 4 is 62.5 Å². The number of nitrogens with one attached hydrogen (secondary N) is 1. The molecule has 0 aliphatic rings. The molecule has 4 aromatic rings. The van der Waals surface area contributed by atoms with E-state index in [1.165, 1.54) is 23.4 Å². The van der Waals surface area contributed by atoms with E-state index in [4.69, 9.17) is 0 Å². The highest BCUT2D eigenvalue weighted by molar-refractivity contribution is 8.00. The third-order valence-corrected chi connectivity index (χ3v) is 8.15. The number of hydrogen-bond acceptors (Lipinski definition) is 8. The number of carbonyl (C=O) groups excluding carboxylic acids is 2. The molecule has 1 amide bonds. The smallest absolute Gasteiger partial charge is 0.237 e. The molecule has 0 bridgehead atoms. The number of fused-ring (bicyclic) bond motifs is 1. The van der Waals surface area contributed by atoms with Crippen molar-refractivity contribution in [2.75, 3.05) is 5.32 Å². The van der Waals surface area contributed by atoms with E-state index in [0.717, 1.165) is 15.7 Å². The van der Waals surface area contributed by atoms with Gasteiger partial charge in [-0.25, -0.2) is 4.98 Å². The van der Waals surface area contributed by atoms with E-state index < -0.39 is 0 Å². The highest BCUT2D eigenvalue weighted by Crippen LogP contribution is 2.32. The van der Waals surface area contributed by atoms with Crippen LogP contribution in [-0.2, 0) is 17.1 Å². The van der Waals surface area contributed by atoms with Gasteiger partial charge in [-0.05, 0) is 45.0 Å². The van der Waals surface area contributed by atoms with Crippen LogP contribution in [0.25, 0.3) is 10.2 Å². The Labute approximate surface area is 204 Å². The zero-order valence-corrected chi connectivity index (χ0v) is 20.9. The summed E-state index contributed by atoms with van der Waals surface area (Å²) < 4.78 is 4.20. The molecule has 33 heavy (non-hydrogen) atoms. The molecule has 7 nitrogen and oxygen atoms in total. The molecule has 0 saturated carbocycles. The van der Waals surface area contributed by atoms with Gasteiger partial charge in [-0.15, -0.1) is 21.5 Å². The lowest BCUT2D eigenvalue weighted by molar-refractivity contribution is -0.115. The van der Waals surface area contributed by atoms with Crippen LogP contribution in [0.3, 0.4) is 0 Å². The van der Waals surface area contributed by atoms with Crippen LogP contribution in [0.1, 0.15) is 37.0 Å². The second kappa shape index (κ2) is 10.5. The predicted octanol–water partition coefficient (Wildman–Crippen LogP) is 5.52. The van der Waals surface area contributed by atoms with Gasteiger partial charge in [0.2, 0.25) is 5.91 Å². The predicted molar refractivity (Wildman–Crippen MR) is 135 cm³/mol. The summed E-state index contributed by atoms with van der Waals surface area (Å²) in [6.45, 7) is 6.08. The lowest BCUT2D eigenvalue weighted by Crippen LogP contribution is -2.23. The van der Waals surface area contributed by atoms with Gasteiger partial charge in [-0.2, -0.15) is 0 Å². The van der Waals surface area contributed by atoms with E-state index in [1.807, 2.05) is 36.6 Å². The second-order valence-corrected chi connectivity index (χ2v) is 10.8. The first-order valence-corrected chi connectivity index (χ1v) is 13.1. The van der Waals surface area contributed by atoms with Gasteiger partial charge in [-0.3, -0.25) is 9.59 Å². The van der Waals surface area contributed by atoms with Crippen molar-refractivity contribution in [2.45, 2.75) is 47.8 Å². The standard InChI is InChI=1S/C23H23N5O2S3/c1-4-28-20(13-31-23-25-18-10-5-6-11-19(18)33-23)26-27-22(28)32-15(3)21(30)24-17-9-7-8-16(12-17)14(2)29/h5-12,15H,4,13H2,1-3H3,(H,24,30). The Bertz CT molecular complexity index is 1270. The number of para-hydroxylation sites is 1. The molecule has 170 valence electrons. The second-order valence-electron chi connectivity index (χ2n) is 7.27. The van der Waals surface area contributed by atoms with Crippen LogP contribution in [-0.4, -0.2) is 36.7 Å². The van der Waals surface area contributed by atoms with E-state index >= 15 is 0 Å². The Kier molecular flexibility index (Phi) is 7.46. The summed E-state index contributed by atoms with van der Waals surface area (Å²) in [6, 6.07) is 15.0. The van der Waals surface area contributed by atoms with Crippen molar-refractivity contribution in [1.29, 1.82) is 0 Å². The zero-order chi connectivity index (χ0) is 23.4. The van der Waals surface area contributed by atoms with Gasteiger partial charge < -0.3 is 9.88 Å². The summed E-state index contributed by atoms with van der Waals surface area (Å²) in [5, 5.41) is 11.9. The fourth-order valence-electron chi connectivity index (χ4n) is 3.14. The lowest BCUT2D eigenvalue weighted by Gasteiger charge is -2.13. The number of Topliss-reactive ketones (excluding diaryl/α,β-unsaturated/α-hetero) is 1. The van der Waals surface area contributed by atoms with Gasteiger partial charge >= 0.3 is 0 Å². The molecule has 1 unspecified atom stereocenters. The first-order chi connectivity index (χ1) is 15.9. The highest BCUT2D eigenvalue weighted by Gasteiger charge is 2.20. The summed E-state index contributed by atoms with van der Waals surface area (Å²) in [4.78, 5) is 29.0. The highest BCUT2D eigenvalue weighted by atomic mass is 32.2. The van der Waals surface area contributed by atoms with Crippen LogP contribution < -0.4 is 5.32 Å². The number of rotatable bonds is 9. The maximum Gasteiger partial charge on any atom is 0.237 e. The summed E-state index contributed by atoms with van der Waals surface area (Å²) in [6.07, 6.45) is 0. The van der Waals surface area contributed by atoms with Crippen molar-refractivity contribution < 1.29 is 9.59 Å². The number of thioether (sulfide) groups is 2. The largest absolute Gasteiger partial charge is 0.325 e. The molecule has 10 heteroatoms. The third-order valence-electron chi connectivity index (χ3n) is 4.90. The van der Waals surface area contributed by atoms with Crippen molar-refractivity contribution in [3.8, 4) is 0 Å². The van der Waals surface area contributed by atoms with Gasteiger partial charge in [0.15, 0.2) is 15.3 Å². The van der Waals surface area contributed by atoms with Crippen molar-refractivity contribution in [2.24, 2.45) is 0 Å². The zero-order valence-electron chi connectivity index (χ0n) is 18.4. The van der Waals surface area contributed by atoms with Crippen LogP contribution >= 0.6 is 34.9 Å². The van der Waals surface area contributed by atoms with E-state index in [2.05, 4.69) is 26.6 Å².